The van der Waals surface area contributed by atoms with Crippen LogP contribution in [0, 0.1) is 0 Å². The van der Waals surface area contributed by atoms with Crippen molar-refractivity contribution in [2.45, 2.75) is 13.0 Å². The lowest BCUT2D eigenvalue weighted by Gasteiger charge is -2.20. The number of hydrogen-bond donors (Lipinski definition) is 3. The zero-order valence-corrected chi connectivity index (χ0v) is 13.1. The molecule has 0 unspecified atom stereocenters. The van der Waals surface area contributed by atoms with E-state index in [1.807, 2.05) is 42.2 Å². The number of amides is 1. The van der Waals surface area contributed by atoms with E-state index in [4.69, 9.17) is 14.9 Å². The van der Waals surface area contributed by atoms with Gasteiger partial charge in [-0.3, -0.25) is 9.69 Å². The van der Waals surface area contributed by atoms with Gasteiger partial charge < -0.3 is 20.3 Å². The van der Waals surface area contributed by atoms with Gasteiger partial charge >= 0.3 is 0 Å². The van der Waals surface area contributed by atoms with Gasteiger partial charge in [0.25, 0.3) is 0 Å². The van der Waals surface area contributed by atoms with E-state index in [1.165, 1.54) is 0 Å². The normalized spacial score (nSPS) is 12.4. The van der Waals surface area contributed by atoms with Crippen molar-refractivity contribution >= 4 is 5.91 Å². The number of aliphatic hydroxyl groups excluding tert-OH is 2. The summed E-state index contributed by atoms with van der Waals surface area (Å²) in [5, 5.41) is 20.7. The van der Waals surface area contributed by atoms with Crippen LogP contribution in [0.4, 0.5) is 0 Å². The minimum atomic E-state index is -0.160. The molecule has 0 aliphatic carbocycles. The second kappa shape index (κ2) is 11.1. The van der Waals surface area contributed by atoms with Gasteiger partial charge in [0.1, 0.15) is 6.61 Å². The summed E-state index contributed by atoms with van der Waals surface area (Å²) in [5.41, 5.74) is 1.05. The Labute approximate surface area is 131 Å². The maximum atomic E-state index is 11.8. The molecule has 0 aliphatic heterocycles. The molecule has 22 heavy (non-hydrogen) atoms. The summed E-state index contributed by atoms with van der Waals surface area (Å²) < 4.78 is 5.34. The van der Waals surface area contributed by atoms with E-state index in [-0.39, 0.29) is 31.8 Å². The lowest BCUT2D eigenvalue weighted by molar-refractivity contribution is -0.126. The molecule has 0 saturated carbocycles. The molecule has 1 aromatic carbocycles. The molecule has 0 bridgehead atoms. The van der Waals surface area contributed by atoms with Gasteiger partial charge in [0.2, 0.25) is 5.91 Å². The summed E-state index contributed by atoms with van der Waals surface area (Å²) in [6, 6.07) is 9.68. The van der Waals surface area contributed by atoms with Crippen LogP contribution in [0.1, 0.15) is 18.5 Å². The van der Waals surface area contributed by atoms with Gasteiger partial charge in [0.05, 0.1) is 25.9 Å². The molecule has 0 saturated heterocycles. The summed E-state index contributed by atoms with van der Waals surface area (Å²) >= 11 is 0. The van der Waals surface area contributed by atoms with Gasteiger partial charge in [-0.05, 0) is 12.5 Å². The molecule has 0 aromatic heterocycles. The van der Waals surface area contributed by atoms with Crippen molar-refractivity contribution in [2.24, 2.45) is 0 Å². The number of nitrogens with zero attached hydrogens (tertiary/aromatic N) is 1. The molecule has 0 spiro atoms. The summed E-state index contributed by atoms with van der Waals surface area (Å²) in [5.74, 6) is -0.160. The number of hydrogen-bond acceptors (Lipinski definition) is 5. The van der Waals surface area contributed by atoms with Crippen molar-refractivity contribution in [3.05, 3.63) is 35.9 Å². The lowest BCUT2D eigenvalue weighted by atomic mass is 10.1. The SMILES string of the molecule is C[C@H](NC(=O)COCCN(CCO)CCO)c1ccccc1. The molecule has 0 aliphatic rings. The first-order valence-corrected chi connectivity index (χ1v) is 7.53. The second-order valence-electron chi connectivity index (χ2n) is 5.04. The number of rotatable bonds is 11. The van der Waals surface area contributed by atoms with Gasteiger partial charge in [-0.2, -0.15) is 0 Å². The van der Waals surface area contributed by atoms with Crippen LogP contribution in [0.25, 0.3) is 0 Å². The van der Waals surface area contributed by atoms with Crippen LogP contribution < -0.4 is 5.32 Å². The minimum absolute atomic E-state index is 0.00324. The number of ether oxygens (including phenoxy) is 1. The molecular formula is C16H26N2O4. The first-order chi connectivity index (χ1) is 10.7. The number of benzene rings is 1. The molecule has 0 heterocycles. The Bertz CT molecular complexity index is 408. The van der Waals surface area contributed by atoms with E-state index in [9.17, 15) is 4.79 Å². The third-order valence-corrected chi connectivity index (χ3v) is 3.29. The molecule has 1 aromatic rings. The average Bonchev–Trinajstić information content (AvgIpc) is 2.52. The molecule has 6 heteroatoms. The Morgan fingerprint density at radius 3 is 2.41 bits per heavy atom. The molecule has 0 fully saturated rings. The summed E-state index contributed by atoms with van der Waals surface area (Å²) in [7, 11) is 0. The predicted molar refractivity (Wildman–Crippen MR) is 84.4 cm³/mol. The topological polar surface area (TPSA) is 82.0 Å². The molecule has 124 valence electrons. The summed E-state index contributed by atoms with van der Waals surface area (Å²) in [6.45, 7) is 3.93. The smallest absolute Gasteiger partial charge is 0.246 e. The van der Waals surface area contributed by atoms with E-state index in [0.717, 1.165) is 5.56 Å². The van der Waals surface area contributed by atoms with Crippen molar-refractivity contribution < 1.29 is 19.7 Å². The van der Waals surface area contributed by atoms with Crippen LogP contribution in [-0.2, 0) is 9.53 Å². The Kier molecular flexibility index (Phi) is 9.41. The van der Waals surface area contributed by atoms with Crippen LogP contribution in [0.5, 0.6) is 0 Å². The summed E-state index contributed by atoms with van der Waals surface area (Å²) in [4.78, 5) is 13.7. The van der Waals surface area contributed by atoms with E-state index >= 15 is 0 Å². The molecule has 6 nitrogen and oxygen atoms in total. The highest BCUT2D eigenvalue weighted by atomic mass is 16.5. The third-order valence-electron chi connectivity index (χ3n) is 3.29. The zero-order chi connectivity index (χ0) is 16.2. The highest BCUT2D eigenvalue weighted by Crippen LogP contribution is 2.10. The Morgan fingerprint density at radius 1 is 1.18 bits per heavy atom. The van der Waals surface area contributed by atoms with E-state index < -0.39 is 0 Å². The highest BCUT2D eigenvalue weighted by molar-refractivity contribution is 5.77. The van der Waals surface area contributed by atoms with Gasteiger partial charge in [0, 0.05) is 19.6 Å². The number of nitrogens with one attached hydrogen (secondary N) is 1. The molecule has 1 amide bonds. The predicted octanol–water partition coefficient (Wildman–Crippen LogP) is 0.167. The van der Waals surface area contributed by atoms with Crippen LogP contribution in [0.3, 0.4) is 0 Å². The standard InChI is InChI=1S/C16H26N2O4/c1-14(15-5-3-2-4-6-15)17-16(21)13-22-12-9-18(7-10-19)8-11-20/h2-6,14,19-20H,7-13H2,1H3,(H,17,21)/t14-/m0/s1. The number of carbonyl (C=O) groups excluding carboxylic acids is 1. The van der Waals surface area contributed by atoms with Crippen LogP contribution in [-0.4, -0.2) is 67.1 Å². The van der Waals surface area contributed by atoms with Gasteiger partial charge in [-0.15, -0.1) is 0 Å². The number of carbonyl (C=O) groups is 1. The highest BCUT2D eigenvalue weighted by Gasteiger charge is 2.09. The maximum Gasteiger partial charge on any atom is 0.246 e. The molecule has 1 rings (SSSR count). The summed E-state index contributed by atoms with van der Waals surface area (Å²) in [6.07, 6.45) is 0. The average molecular weight is 310 g/mol. The maximum absolute atomic E-state index is 11.8. The van der Waals surface area contributed by atoms with Crippen molar-refractivity contribution in [2.75, 3.05) is 46.1 Å². The van der Waals surface area contributed by atoms with Crippen molar-refractivity contribution in [1.29, 1.82) is 0 Å². The van der Waals surface area contributed by atoms with E-state index in [0.29, 0.717) is 26.2 Å². The Balaban J connectivity index is 2.20. The van der Waals surface area contributed by atoms with Crippen LogP contribution in [0.15, 0.2) is 30.3 Å². The van der Waals surface area contributed by atoms with Crippen molar-refractivity contribution in [3.8, 4) is 0 Å². The van der Waals surface area contributed by atoms with Gasteiger partial charge in [-0.25, -0.2) is 0 Å². The van der Waals surface area contributed by atoms with Crippen LogP contribution >= 0.6 is 0 Å². The quantitative estimate of drug-likeness (QED) is 0.508. The molecule has 0 radical (unpaired) electrons. The molecule has 1 atom stereocenters. The van der Waals surface area contributed by atoms with E-state index in [2.05, 4.69) is 5.32 Å². The van der Waals surface area contributed by atoms with E-state index in [1.54, 1.807) is 0 Å². The molecule has 3 N–H and O–H groups in total. The Hall–Kier alpha value is -1.47. The first kappa shape index (κ1) is 18.6. The fraction of sp³-hybridized carbons (Fsp3) is 0.562. The zero-order valence-electron chi connectivity index (χ0n) is 13.1. The second-order valence-corrected chi connectivity index (χ2v) is 5.04. The minimum Gasteiger partial charge on any atom is -0.395 e. The van der Waals surface area contributed by atoms with Crippen LogP contribution in [0.2, 0.25) is 0 Å². The lowest BCUT2D eigenvalue weighted by Crippen LogP contribution is -2.34. The van der Waals surface area contributed by atoms with Crippen molar-refractivity contribution in [1.82, 2.24) is 10.2 Å². The number of aliphatic hydroxyl groups is 2. The largest absolute Gasteiger partial charge is 0.395 e. The van der Waals surface area contributed by atoms with Gasteiger partial charge in [-0.1, -0.05) is 30.3 Å². The first-order valence-electron chi connectivity index (χ1n) is 7.53. The monoisotopic (exact) mass is 310 g/mol. The Morgan fingerprint density at radius 2 is 1.82 bits per heavy atom. The fourth-order valence-corrected chi connectivity index (χ4v) is 2.08. The van der Waals surface area contributed by atoms with Gasteiger partial charge in [0.15, 0.2) is 0 Å². The molecular weight excluding hydrogens is 284 g/mol. The fourth-order valence-electron chi connectivity index (χ4n) is 2.08. The van der Waals surface area contributed by atoms with Crippen molar-refractivity contribution in [3.63, 3.8) is 0 Å². The third kappa shape index (κ3) is 7.51.